The first-order chi connectivity index (χ1) is 6.98. The van der Waals surface area contributed by atoms with Crippen LogP contribution in [0.5, 0.6) is 0 Å². The summed E-state index contributed by atoms with van der Waals surface area (Å²) in [5, 5.41) is -0.806. The molecular formula is C9H9ClF3NS. The zero-order chi connectivity index (χ0) is 11.1. The van der Waals surface area contributed by atoms with E-state index in [2.05, 4.69) is 4.98 Å². The lowest BCUT2D eigenvalue weighted by Gasteiger charge is -2.09. The summed E-state index contributed by atoms with van der Waals surface area (Å²) < 4.78 is 36.9. The van der Waals surface area contributed by atoms with Crippen molar-refractivity contribution in [2.24, 2.45) is 0 Å². The average molecular weight is 256 g/mol. The Bertz CT molecular complexity index is 349. The minimum Gasteiger partial charge on any atom is -0.240 e. The van der Waals surface area contributed by atoms with Crippen molar-refractivity contribution in [3.63, 3.8) is 0 Å². The molecular weight excluding hydrogens is 247 g/mol. The molecule has 6 heteroatoms. The fourth-order valence-corrected chi connectivity index (χ4v) is 3.30. The highest BCUT2D eigenvalue weighted by Gasteiger charge is 2.36. The predicted molar refractivity (Wildman–Crippen MR) is 53.3 cm³/mol. The van der Waals surface area contributed by atoms with Gasteiger partial charge in [-0.2, -0.15) is 13.2 Å². The molecule has 2 atom stereocenters. The number of hydrogen-bond donors (Lipinski definition) is 0. The minimum absolute atomic E-state index is 0.0356. The molecule has 1 aromatic heterocycles. The first-order valence-electron chi connectivity index (χ1n) is 4.65. The van der Waals surface area contributed by atoms with Crippen molar-refractivity contribution in [3.05, 3.63) is 16.1 Å². The van der Waals surface area contributed by atoms with Crippen LogP contribution in [0, 0.1) is 0 Å². The van der Waals surface area contributed by atoms with Gasteiger partial charge in [-0.15, -0.1) is 22.9 Å². The van der Waals surface area contributed by atoms with Crippen LogP contribution in [-0.4, -0.2) is 10.4 Å². The minimum atomic E-state index is -4.33. The van der Waals surface area contributed by atoms with E-state index in [-0.39, 0.29) is 11.3 Å². The van der Waals surface area contributed by atoms with E-state index in [0.29, 0.717) is 4.88 Å². The molecule has 0 spiro atoms. The summed E-state index contributed by atoms with van der Waals surface area (Å²) in [6.45, 7) is 0. The van der Waals surface area contributed by atoms with Crippen LogP contribution in [0.15, 0.2) is 6.20 Å². The van der Waals surface area contributed by atoms with Gasteiger partial charge in [-0.25, -0.2) is 4.98 Å². The maximum absolute atomic E-state index is 12.3. The second-order valence-electron chi connectivity index (χ2n) is 3.62. The van der Waals surface area contributed by atoms with Crippen LogP contribution in [-0.2, 0) is 6.18 Å². The van der Waals surface area contributed by atoms with Crippen molar-refractivity contribution in [3.8, 4) is 0 Å². The second kappa shape index (κ2) is 3.94. The maximum Gasteiger partial charge on any atom is 0.443 e. The standard InChI is InChI=1S/C9H9ClF3NS/c10-6-3-1-2-5(6)7-4-14-8(15-7)9(11,12)13/h4-6H,1-3H2. The molecule has 84 valence electrons. The summed E-state index contributed by atoms with van der Waals surface area (Å²) in [6.07, 6.45) is -0.278. The molecule has 1 nitrogen and oxygen atoms in total. The molecule has 1 heterocycles. The van der Waals surface area contributed by atoms with Crippen LogP contribution in [0.2, 0.25) is 0 Å². The van der Waals surface area contributed by atoms with Crippen LogP contribution in [0.4, 0.5) is 13.2 Å². The third kappa shape index (κ3) is 2.28. The Morgan fingerprint density at radius 3 is 2.60 bits per heavy atom. The smallest absolute Gasteiger partial charge is 0.240 e. The van der Waals surface area contributed by atoms with E-state index in [4.69, 9.17) is 11.6 Å². The van der Waals surface area contributed by atoms with Crippen molar-refractivity contribution in [2.45, 2.75) is 36.7 Å². The Balaban J connectivity index is 2.20. The molecule has 0 radical (unpaired) electrons. The third-order valence-electron chi connectivity index (χ3n) is 2.56. The summed E-state index contributed by atoms with van der Waals surface area (Å²) >= 11 is 6.75. The highest BCUT2D eigenvalue weighted by atomic mass is 35.5. The number of nitrogens with zero attached hydrogens (tertiary/aromatic N) is 1. The topological polar surface area (TPSA) is 12.9 Å². The molecule has 0 bridgehead atoms. The highest BCUT2D eigenvalue weighted by Crippen LogP contribution is 2.42. The molecule has 1 saturated carbocycles. The van der Waals surface area contributed by atoms with Crippen LogP contribution in [0.25, 0.3) is 0 Å². The van der Waals surface area contributed by atoms with Crippen LogP contribution in [0.3, 0.4) is 0 Å². The van der Waals surface area contributed by atoms with Gasteiger partial charge >= 0.3 is 6.18 Å². The van der Waals surface area contributed by atoms with Crippen LogP contribution >= 0.6 is 22.9 Å². The Morgan fingerprint density at radius 2 is 2.13 bits per heavy atom. The van der Waals surface area contributed by atoms with Crippen LogP contribution in [0.1, 0.15) is 35.1 Å². The zero-order valence-corrected chi connectivity index (χ0v) is 9.29. The van der Waals surface area contributed by atoms with Crippen molar-refractivity contribution in [1.29, 1.82) is 0 Å². The van der Waals surface area contributed by atoms with E-state index >= 15 is 0 Å². The van der Waals surface area contributed by atoms with Gasteiger partial charge in [0.1, 0.15) is 0 Å². The largest absolute Gasteiger partial charge is 0.443 e. The van der Waals surface area contributed by atoms with Gasteiger partial charge in [0, 0.05) is 22.4 Å². The summed E-state index contributed by atoms with van der Waals surface area (Å²) in [4.78, 5) is 4.07. The fourth-order valence-electron chi connectivity index (χ4n) is 1.82. The quantitative estimate of drug-likeness (QED) is 0.690. The van der Waals surface area contributed by atoms with E-state index in [1.165, 1.54) is 6.20 Å². The Kier molecular flexibility index (Phi) is 2.94. The van der Waals surface area contributed by atoms with E-state index in [1.54, 1.807) is 0 Å². The number of rotatable bonds is 1. The lowest BCUT2D eigenvalue weighted by molar-refractivity contribution is -0.137. The van der Waals surface area contributed by atoms with E-state index in [1.807, 2.05) is 0 Å². The molecule has 1 aliphatic rings. The molecule has 0 saturated heterocycles. The molecule has 0 aliphatic heterocycles. The number of thiazole rings is 1. The number of hydrogen-bond acceptors (Lipinski definition) is 2. The van der Waals surface area contributed by atoms with Gasteiger partial charge in [0.05, 0.1) is 0 Å². The first-order valence-corrected chi connectivity index (χ1v) is 5.91. The van der Waals surface area contributed by atoms with Gasteiger partial charge in [-0.3, -0.25) is 0 Å². The van der Waals surface area contributed by atoms with E-state index in [9.17, 15) is 13.2 Å². The normalized spacial score (nSPS) is 27.2. The molecule has 1 aromatic rings. The molecule has 1 fully saturated rings. The molecule has 0 aromatic carbocycles. The molecule has 0 N–H and O–H groups in total. The highest BCUT2D eigenvalue weighted by molar-refractivity contribution is 7.11. The number of aromatic nitrogens is 1. The second-order valence-corrected chi connectivity index (χ2v) is 5.24. The monoisotopic (exact) mass is 255 g/mol. The Labute approximate surface area is 94.3 Å². The van der Waals surface area contributed by atoms with Crippen molar-refractivity contribution < 1.29 is 13.2 Å². The molecule has 2 unspecified atom stereocenters. The molecule has 0 amide bonds. The Hall–Kier alpha value is -0.290. The van der Waals surface area contributed by atoms with Gasteiger partial charge in [0.2, 0.25) is 0 Å². The molecule has 2 rings (SSSR count). The van der Waals surface area contributed by atoms with Gasteiger partial charge < -0.3 is 0 Å². The lowest BCUT2D eigenvalue weighted by atomic mass is 10.1. The maximum atomic E-state index is 12.3. The summed E-state index contributed by atoms with van der Waals surface area (Å²) in [7, 11) is 0. The first kappa shape index (κ1) is 11.2. The number of halogens is 4. The summed E-state index contributed by atoms with van der Waals surface area (Å²) in [6, 6.07) is 0. The van der Waals surface area contributed by atoms with E-state index < -0.39 is 11.2 Å². The zero-order valence-electron chi connectivity index (χ0n) is 7.72. The third-order valence-corrected chi connectivity index (χ3v) is 4.26. The van der Waals surface area contributed by atoms with Crippen molar-refractivity contribution in [2.75, 3.05) is 0 Å². The fraction of sp³-hybridized carbons (Fsp3) is 0.667. The SMILES string of the molecule is FC(F)(F)c1ncc(C2CCCC2Cl)s1. The summed E-state index contributed by atoms with van der Waals surface area (Å²) in [5.41, 5.74) is 0. The summed E-state index contributed by atoms with van der Waals surface area (Å²) in [5.74, 6) is 0.0558. The van der Waals surface area contributed by atoms with Gasteiger partial charge in [0.15, 0.2) is 5.01 Å². The van der Waals surface area contributed by atoms with Gasteiger partial charge in [0.25, 0.3) is 0 Å². The molecule has 15 heavy (non-hydrogen) atoms. The van der Waals surface area contributed by atoms with Crippen LogP contribution < -0.4 is 0 Å². The molecule has 1 aliphatic carbocycles. The van der Waals surface area contributed by atoms with Crippen molar-refractivity contribution in [1.82, 2.24) is 4.98 Å². The van der Waals surface area contributed by atoms with Gasteiger partial charge in [-0.1, -0.05) is 6.42 Å². The van der Waals surface area contributed by atoms with E-state index in [0.717, 1.165) is 30.6 Å². The number of alkyl halides is 4. The van der Waals surface area contributed by atoms with Crippen molar-refractivity contribution >= 4 is 22.9 Å². The van der Waals surface area contributed by atoms with Gasteiger partial charge in [-0.05, 0) is 12.8 Å². The Morgan fingerprint density at radius 1 is 1.40 bits per heavy atom. The lowest BCUT2D eigenvalue weighted by Crippen LogP contribution is -2.03. The predicted octanol–water partition coefficient (Wildman–Crippen LogP) is 4.04. The average Bonchev–Trinajstić information content (AvgIpc) is 2.69.